The molecule has 3 amide bonds. The summed E-state index contributed by atoms with van der Waals surface area (Å²) in [6.07, 6.45) is -0.546. The van der Waals surface area contributed by atoms with Gasteiger partial charge in [0.05, 0.1) is 12.5 Å². The number of carboxylic acids is 1. The molecule has 1 saturated heterocycles. The second kappa shape index (κ2) is 11.4. The smallest absolute Gasteiger partial charge is 0.411 e. The van der Waals surface area contributed by atoms with Crippen molar-refractivity contribution in [1.82, 2.24) is 10.2 Å². The molecule has 9 nitrogen and oxygen atoms in total. The Kier molecular flexibility index (Phi) is 8.31. The summed E-state index contributed by atoms with van der Waals surface area (Å²) >= 11 is 1.40. The van der Waals surface area contributed by atoms with E-state index < -0.39 is 30.1 Å². The Labute approximate surface area is 195 Å². The first-order valence-electron chi connectivity index (χ1n) is 10.4. The van der Waals surface area contributed by atoms with Crippen LogP contribution in [0.2, 0.25) is 0 Å². The van der Waals surface area contributed by atoms with Gasteiger partial charge in [0, 0.05) is 23.4 Å². The second-order valence-corrected chi connectivity index (χ2v) is 8.30. The van der Waals surface area contributed by atoms with Gasteiger partial charge in [0.15, 0.2) is 0 Å². The van der Waals surface area contributed by atoms with Gasteiger partial charge >= 0.3 is 12.1 Å². The first kappa shape index (κ1) is 24.1. The Morgan fingerprint density at radius 3 is 2.45 bits per heavy atom. The Bertz CT molecular complexity index is 999. The van der Waals surface area contributed by atoms with E-state index in [1.165, 1.54) is 16.7 Å². The van der Waals surface area contributed by atoms with Crippen LogP contribution < -0.4 is 10.6 Å². The maximum atomic E-state index is 12.7. The van der Waals surface area contributed by atoms with Gasteiger partial charge in [-0.15, -0.1) is 11.8 Å². The third-order valence-electron chi connectivity index (χ3n) is 4.99. The van der Waals surface area contributed by atoms with E-state index >= 15 is 0 Å². The molecule has 0 spiro atoms. The standard InChI is InChI=1S/C23H25N3O6S/c1-2-32-23(31)26-14-33-13-19(26)21(28)25-18(22(29)30)12-15-8-10-17(11-9-15)24-20(27)16-6-4-3-5-7-16/h3-11,18-19H,2,12-14H2,1H3,(H,24,27)(H,25,28)(H,29,30). The average Bonchev–Trinajstić information content (AvgIpc) is 3.31. The van der Waals surface area contributed by atoms with Crippen molar-refractivity contribution >= 4 is 41.3 Å². The van der Waals surface area contributed by atoms with E-state index in [1.807, 2.05) is 6.07 Å². The highest BCUT2D eigenvalue weighted by molar-refractivity contribution is 7.99. The minimum atomic E-state index is -1.18. The van der Waals surface area contributed by atoms with Crippen molar-refractivity contribution in [2.45, 2.75) is 25.4 Å². The Morgan fingerprint density at radius 2 is 1.82 bits per heavy atom. The van der Waals surface area contributed by atoms with Crippen molar-refractivity contribution in [2.24, 2.45) is 0 Å². The predicted molar refractivity (Wildman–Crippen MR) is 124 cm³/mol. The van der Waals surface area contributed by atoms with Crippen LogP contribution in [0.15, 0.2) is 54.6 Å². The number of thioether (sulfide) groups is 1. The molecular weight excluding hydrogens is 446 g/mol. The number of rotatable bonds is 8. The summed E-state index contributed by atoms with van der Waals surface area (Å²) in [6, 6.07) is 13.6. The number of nitrogens with zero attached hydrogens (tertiary/aromatic N) is 1. The zero-order valence-electron chi connectivity index (χ0n) is 18.0. The number of carbonyl (C=O) groups is 4. The molecule has 0 aliphatic carbocycles. The zero-order chi connectivity index (χ0) is 23.8. The summed E-state index contributed by atoms with van der Waals surface area (Å²) in [5.74, 6) is -1.29. The van der Waals surface area contributed by atoms with Crippen LogP contribution >= 0.6 is 11.8 Å². The summed E-state index contributed by atoms with van der Waals surface area (Å²) in [5, 5.41) is 14.9. The molecule has 1 fully saturated rings. The van der Waals surface area contributed by atoms with Crippen LogP contribution in [0.5, 0.6) is 0 Å². The van der Waals surface area contributed by atoms with Gasteiger partial charge in [-0.3, -0.25) is 14.5 Å². The van der Waals surface area contributed by atoms with Gasteiger partial charge in [-0.1, -0.05) is 30.3 Å². The van der Waals surface area contributed by atoms with Crippen LogP contribution in [-0.4, -0.2) is 64.2 Å². The first-order valence-corrected chi connectivity index (χ1v) is 11.5. The van der Waals surface area contributed by atoms with E-state index in [4.69, 9.17) is 4.74 Å². The lowest BCUT2D eigenvalue weighted by molar-refractivity contribution is -0.142. The topological polar surface area (TPSA) is 125 Å². The summed E-state index contributed by atoms with van der Waals surface area (Å²) in [4.78, 5) is 50.0. The third kappa shape index (κ3) is 6.48. The summed E-state index contributed by atoms with van der Waals surface area (Å²) in [7, 11) is 0. The lowest BCUT2D eigenvalue weighted by Gasteiger charge is -2.24. The number of carboxylic acid groups (broad SMARTS) is 1. The molecule has 2 aromatic rings. The molecule has 10 heteroatoms. The summed E-state index contributed by atoms with van der Waals surface area (Å²) < 4.78 is 4.97. The number of nitrogens with one attached hydrogen (secondary N) is 2. The fourth-order valence-corrected chi connectivity index (χ4v) is 4.41. The largest absolute Gasteiger partial charge is 0.480 e. The Hall–Kier alpha value is -3.53. The minimum absolute atomic E-state index is 0.0489. The van der Waals surface area contributed by atoms with Crippen molar-refractivity contribution in [3.05, 3.63) is 65.7 Å². The number of amides is 3. The maximum Gasteiger partial charge on any atom is 0.411 e. The fourth-order valence-electron chi connectivity index (χ4n) is 3.27. The molecular formula is C23H25N3O6S. The summed E-state index contributed by atoms with van der Waals surface area (Å²) in [5.41, 5.74) is 1.76. The van der Waals surface area contributed by atoms with E-state index in [-0.39, 0.29) is 18.9 Å². The quantitative estimate of drug-likeness (QED) is 0.540. The van der Waals surface area contributed by atoms with Crippen LogP contribution in [0.1, 0.15) is 22.8 Å². The molecule has 0 bridgehead atoms. The molecule has 1 aliphatic rings. The molecule has 33 heavy (non-hydrogen) atoms. The van der Waals surface area contributed by atoms with Crippen molar-refractivity contribution in [3.8, 4) is 0 Å². The Balaban J connectivity index is 1.60. The number of anilines is 1. The molecule has 2 atom stereocenters. The van der Waals surface area contributed by atoms with Gasteiger partial charge in [0.2, 0.25) is 5.91 Å². The number of hydrogen-bond acceptors (Lipinski definition) is 6. The molecule has 1 heterocycles. The van der Waals surface area contributed by atoms with Gasteiger partial charge < -0.3 is 20.5 Å². The van der Waals surface area contributed by atoms with E-state index in [2.05, 4.69) is 10.6 Å². The van der Waals surface area contributed by atoms with E-state index in [0.29, 0.717) is 28.4 Å². The van der Waals surface area contributed by atoms with E-state index in [9.17, 15) is 24.3 Å². The van der Waals surface area contributed by atoms with Crippen molar-refractivity contribution < 1.29 is 29.0 Å². The molecule has 0 aromatic heterocycles. The van der Waals surface area contributed by atoms with Gasteiger partial charge in [-0.05, 0) is 36.8 Å². The number of aliphatic carboxylic acids is 1. The zero-order valence-corrected chi connectivity index (χ0v) is 18.8. The van der Waals surface area contributed by atoms with Gasteiger partial charge in [-0.2, -0.15) is 0 Å². The minimum Gasteiger partial charge on any atom is -0.480 e. The summed E-state index contributed by atoms with van der Waals surface area (Å²) in [6.45, 7) is 1.86. The van der Waals surface area contributed by atoms with Gasteiger partial charge in [0.25, 0.3) is 5.91 Å². The highest BCUT2D eigenvalue weighted by atomic mass is 32.2. The molecule has 3 rings (SSSR count). The van der Waals surface area contributed by atoms with Gasteiger partial charge in [0.1, 0.15) is 12.1 Å². The lowest BCUT2D eigenvalue weighted by atomic mass is 10.0. The molecule has 3 N–H and O–H groups in total. The molecule has 174 valence electrons. The number of benzene rings is 2. The Morgan fingerprint density at radius 1 is 1.12 bits per heavy atom. The fraction of sp³-hybridized carbons (Fsp3) is 0.304. The molecule has 0 radical (unpaired) electrons. The van der Waals surface area contributed by atoms with Crippen molar-refractivity contribution in [3.63, 3.8) is 0 Å². The number of hydrogen-bond donors (Lipinski definition) is 3. The molecule has 0 saturated carbocycles. The van der Waals surface area contributed by atoms with Crippen LogP contribution in [0.4, 0.5) is 10.5 Å². The SMILES string of the molecule is CCOC(=O)N1CSCC1C(=O)NC(Cc1ccc(NC(=O)c2ccccc2)cc1)C(=O)O. The van der Waals surface area contributed by atoms with Crippen LogP contribution in [0.25, 0.3) is 0 Å². The first-order chi connectivity index (χ1) is 15.9. The average molecular weight is 472 g/mol. The van der Waals surface area contributed by atoms with Crippen molar-refractivity contribution in [1.29, 1.82) is 0 Å². The van der Waals surface area contributed by atoms with Crippen LogP contribution in [0, 0.1) is 0 Å². The highest BCUT2D eigenvalue weighted by Gasteiger charge is 2.37. The van der Waals surface area contributed by atoms with E-state index in [0.717, 1.165) is 0 Å². The van der Waals surface area contributed by atoms with Gasteiger partial charge in [-0.25, -0.2) is 9.59 Å². The monoisotopic (exact) mass is 471 g/mol. The molecule has 2 unspecified atom stereocenters. The molecule has 2 aromatic carbocycles. The van der Waals surface area contributed by atoms with Crippen LogP contribution in [-0.2, 0) is 20.7 Å². The van der Waals surface area contributed by atoms with Crippen LogP contribution in [0.3, 0.4) is 0 Å². The maximum absolute atomic E-state index is 12.7. The lowest BCUT2D eigenvalue weighted by Crippen LogP contribution is -2.52. The predicted octanol–water partition coefficient (Wildman–Crippen LogP) is 2.58. The normalized spacial score (nSPS) is 16.0. The second-order valence-electron chi connectivity index (χ2n) is 7.31. The number of ether oxygens (including phenoxy) is 1. The third-order valence-corrected chi connectivity index (χ3v) is 6.00. The van der Waals surface area contributed by atoms with E-state index in [1.54, 1.807) is 55.5 Å². The number of carbonyl (C=O) groups excluding carboxylic acids is 3. The highest BCUT2D eigenvalue weighted by Crippen LogP contribution is 2.22. The molecule has 1 aliphatic heterocycles. The van der Waals surface area contributed by atoms with Crippen molar-refractivity contribution in [2.75, 3.05) is 23.6 Å².